The molecule has 1 aromatic heterocycles. The lowest BCUT2D eigenvalue weighted by Crippen LogP contribution is -2.04. The topological polar surface area (TPSA) is 53.1 Å². The molecule has 3 rings (SSSR count). The second-order valence-electron chi connectivity index (χ2n) is 5.07. The van der Waals surface area contributed by atoms with Crippen molar-refractivity contribution in [3.63, 3.8) is 0 Å². The Morgan fingerprint density at radius 1 is 1.45 bits per heavy atom. The summed E-state index contributed by atoms with van der Waals surface area (Å²) in [5.74, 6) is 3.29. The van der Waals surface area contributed by atoms with Gasteiger partial charge in [-0.05, 0) is 53.9 Å². The molecule has 0 amide bonds. The highest BCUT2D eigenvalue weighted by Crippen LogP contribution is 2.42. The van der Waals surface area contributed by atoms with Crippen molar-refractivity contribution >= 4 is 21.7 Å². The summed E-state index contributed by atoms with van der Waals surface area (Å²) in [5.41, 5.74) is 8.18. The highest BCUT2D eigenvalue weighted by molar-refractivity contribution is 9.10. The first-order valence-electron chi connectivity index (χ1n) is 6.85. The molecule has 1 saturated carbocycles. The molecular weight excluding hydrogens is 318 g/mol. The third kappa shape index (κ3) is 2.20. The molecule has 1 aromatic carbocycles. The number of rotatable bonds is 4. The second kappa shape index (κ2) is 5.13. The summed E-state index contributed by atoms with van der Waals surface area (Å²) in [4.78, 5) is 4.79. The van der Waals surface area contributed by atoms with Gasteiger partial charge in [0.25, 0.3) is 0 Å². The maximum atomic E-state index is 6.29. The van der Waals surface area contributed by atoms with E-state index >= 15 is 0 Å². The van der Waals surface area contributed by atoms with Crippen molar-refractivity contribution in [3.05, 3.63) is 28.5 Å². The Labute approximate surface area is 127 Å². The predicted molar refractivity (Wildman–Crippen MR) is 84.0 cm³/mol. The summed E-state index contributed by atoms with van der Waals surface area (Å²) in [5, 5.41) is 0. The Bertz CT molecular complexity index is 647. The molecule has 2 N–H and O–H groups in total. The van der Waals surface area contributed by atoms with E-state index < -0.39 is 0 Å². The molecule has 0 bridgehead atoms. The van der Waals surface area contributed by atoms with Gasteiger partial charge >= 0.3 is 0 Å². The standard InChI is InChI=1S/C15H18BrN3O/c1-3-19-14(17)13(18-15(19)9-4-5-9)10-6-7-12(20-2)11(16)8-10/h6-9H,3-5,17H2,1-2H3. The molecule has 0 spiro atoms. The van der Waals surface area contributed by atoms with Crippen LogP contribution in [-0.2, 0) is 6.54 Å². The first-order chi connectivity index (χ1) is 9.65. The molecule has 1 aliphatic carbocycles. The first kappa shape index (κ1) is 13.5. The fourth-order valence-electron chi connectivity index (χ4n) is 2.50. The lowest BCUT2D eigenvalue weighted by molar-refractivity contribution is 0.412. The number of methoxy groups -OCH3 is 1. The molecule has 106 valence electrons. The third-order valence-corrected chi connectivity index (χ3v) is 4.34. The number of anilines is 1. The van der Waals surface area contributed by atoms with E-state index in [1.807, 2.05) is 18.2 Å². The summed E-state index contributed by atoms with van der Waals surface area (Å²) in [6.07, 6.45) is 2.45. The predicted octanol–water partition coefficient (Wildman–Crippen LogP) is 3.80. The van der Waals surface area contributed by atoms with Crippen molar-refractivity contribution in [2.45, 2.75) is 32.2 Å². The van der Waals surface area contributed by atoms with Crippen molar-refractivity contribution in [2.75, 3.05) is 12.8 Å². The normalized spacial score (nSPS) is 14.6. The van der Waals surface area contributed by atoms with Gasteiger partial charge in [0.05, 0.1) is 11.6 Å². The molecule has 1 aliphatic rings. The van der Waals surface area contributed by atoms with E-state index in [1.165, 1.54) is 12.8 Å². The van der Waals surface area contributed by atoms with Gasteiger partial charge in [-0.25, -0.2) is 4.98 Å². The highest BCUT2D eigenvalue weighted by Gasteiger charge is 2.30. The summed E-state index contributed by atoms with van der Waals surface area (Å²) >= 11 is 3.51. The van der Waals surface area contributed by atoms with E-state index in [4.69, 9.17) is 15.5 Å². The molecule has 1 fully saturated rings. The Kier molecular flexibility index (Phi) is 3.46. The van der Waals surface area contributed by atoms with Crippen LogP contribution in [0.3, 0.4) is 0 Å². The molecule has 5 heteroatoms. The minimum Gasteiger partial charge on any atom is -0.496 e. The number of benzene rings is 1. The van der Waals surface area contributed by atoms with Crippen LogP contribution in [0.1, 0.15) is 31.5 Å². The molecule has 0 saturated heterocycles. The lowest BCUT2D eigenvalue weighted by Gasteiger charge is -2.06. The molecule has 0 radical (unpaired) electrons. The van der Waals surface area contributed by atoms with Gasteiger partial charge in [0, 0.05) is 18.0 Å². The van der Waals surface area contributed by atoms with Crippen LogP contribution in [-0.4, -0.2) is 16.7 Å². The number of nitrogen functional groups attached to an aromatic ring is 1. The average Bonchev–Trinajstić information content (AvgIpc) is 3.23. The number of imidazole rings is 1. The van der Waals surface area contributed by atoms with Gasteiger partial charge in [0.2, 0.25) is 0 Å². The van der Waals surface area contributed by atoms with Crippen molar-refractivity contribution in [2.24, 2.45) is 0 Å². The van der Waals surface area contributed by atoms with Crippen molar-refractivity contribution in [1.29, 1.82) is 0 Å². The maximum Gasteiger partial charge on any atom is 0.133 e. The minimum absolute atomic E-state index is 0.590. The summed E-state index contributed by atoms with van der Waals surface area (Å²) < 4.78 is 8.30. The highest BCUT2D eigenvalue weighted by atomic mass is 79.9. The van der Waals surface area contributed by atoms with Gasteiger partial charge in [-0.2, -0.15) is 0 Å². The zero-order valence-corrected chi connectivity index (χ0v) is 13.3. The van der Waals surface area contributed by atoms with Crippen molar-refractivity contribution in [1.82, 2.24) is 9.55 Å². The van der Waals surface area contributed by atoms with E-state index in [1.54, 1.807) is 7.11 Å². The van der Waals surface area contributed by atoms with Gasteiger partial charge in [0.15, 0.2) is 0 Å². The number of nitrogens with two attached hydrogens (primary N) is 1. The molecule has 0 atom stereocenters. The maximum absolute atomic E-state index is 6.29. The van der Waals surface area contributed by atoms with Gasteiger partial charge in [-0.15, -0.1) is 0 Å². The lowest BCUT2D eigenvalue weighted by atomic mass is 10.1. The second-order valence-corrected chi connectivity index (χ2v) is 5.93. The van der Waals surface area contributed by atoms with E-state index in [0.29, 0.717) is 5.92 Å². The van der Waals surface area contributed by atoms with Crippen LogP contribution in [0.4, 0.5) is 5.82 Å². The molecular formula is C15H18BrN3O. The van der Waals surface area contributed by atoms with E-state index in [0.717, 1.165) is 39.7 Å². The van der Waals surface area contributed by atoms with Gasteiger partial charge < -0.3 is 15.0 Å². The number of hydrogen-bond acceptors (Lipinski definition) is 3. The number of ether oxygens (including phenoxy) is 1. The minimum atomic E-state index is 0.590. The van der Waals surface area contributed by atoms with Crippen LogP contribution in [0.25, 0.3) is 11.3 Å². The average molecular weight is 336 g/mol. The zero-order valence-electron chi connectivity index (χ0n) is 11.7. The van der Waals surface area contributed by atoms with Gasteiger partial charge in [0.1, 0.15) is 23.1 Å². The van der Waals surface area contributed by atoms with E-state index in [9.17, 15) is 0 Å². The quantitative estimate of drug-likeness (QED) is 0.924. The number of halogens is 1. The van der Waals surface area contributed by atoms with Crippen LogP contribution in [0.2, 0.25) is 0 Å². The van der Waals surface area contributed by atoms with E-state index in [2.05, 4.69) is 27.4 Å². The monoisotopic (exact) mass is 335 g/mol. The Hall–Kier alpha value is -1.49. The van der Waals surface area contributed by atoms with Gasteiger partial charge in [-0.1, -0.05) is 0 Å². The van der Waals surface area contributed by atoms with Crippen LogP contribution < -0.4 is 10.5 Å². The molecule has 0 aliphatic heterocycles. The van der Waals surface area contributed by atoms with Gasteiger partial charge in [-0.3, -0.25) is 0 Å². The van der Waals surface area contributed by atoms with Crippen LogP contribution in [0.15, 0.2) is 22.7 Å². The summed E-state index contributed by atoms with van der Waals surface area (Å²) in [6, 6.07) is 5.94. The molecule has 1 heterocycles. The van der Waals surface area contributed by atoms with Crippen LogP contribution >= 0.6 is 15.9 Å². The Balaban J connectivity index is 2.07. The van der Waals surface area contributed by atoms with Crippen molar-refractivity contribution in [3.8, 4) is 17.0 Å². The smallest absolute Gasteiger partial charge is 0.133 e. The molecule has 2 aromatic rings. The summed E-state index contributed by atoms with van der Waals surface area (Å²) in [7, 11) is 1.66. The largest absolute Gasteiger partial charge is 0.496 e. The zero-order chi connectivity index (χ0) is 14.3. The molecule has 0 unspecified atom stereocenters. The number of aromatic nitrogens is 2. The summed E-state index contributed by atoms with van der Waals surface area (Å²) in [6.45, 7) is 2.97. The molecule has 4 nitrogen and oxygen atoms in total. The third-order valence-electron chi connectivity index (χ3n) is 3.72. The van der Waals surface area contributed by atoms with Crippen molar-refractivity contribution < 1.29 is 4.74 Å². The number of nitrogens with zero attached hydrogens (tertiary/aromatic N) is 2. The fourth-order valence-corrected chi connectivity index (χ4v) is 3.04. The van der Waals surface area contributed by atoms with Crippen LogP contribution in [0, 0.1) is 0 Å². The molecule has 20 heavy (non-hydrogen) atoms. The Morgan fingerprint density at radius 2 is 2.20 bits per heavy atom. The number of hydrogen-bond donors (Lipinski definition) is 1. The Morgan fingerprint density at radius 3 is 2.75 bits per heavy atom. The van der Waals surface area contributed by atoms with E-state index in [-0.39, 0.29) is 0 Å². The van der Waals surface area contributed by atoms with Crippen LogP contribution in [0.5, 0.6) is 5.75 Å². The fraction of sp³-hybridized carbons (Fsp3) is 0.400. The first-order valence-corrected chi connectivity index (χ1v) is 7.64. The SMILES string of the molecule is CCn1c(C2CC2)nc(-c2ccc(OC)c(Br)c2)c1N.